The van der Waals surface area contributed by atoms with E-state index in [0.29, 0.717) is 12.5 Å². The topological polar surface area (TPSA) is 12.5 Å². The normalized spacial score (nSPS) is 13.9. The summed E-state index contributed by atoms with van der Waals surface area (Å²) < 4.78 is 6.51. The molecule has 162 valence electrons. The summed E-state index contributed by atoms with van der Waals surface area (Å²) in [6.45, 7) is 1.73. The monoisotopic (exact) mass is 413 g/mol. The van der Waals surface area contributed by atoms with E-state index in [1.165, 1.54) is 53.5 Å². The molecule has 0 unspecified atom stereocenters. The van der Waals surface area contributed by atoms with Crippen molar-refractivity contribution in [2.24, 2.45) is 0 Å². The quantitative estimate of drug-likeness (QED) is 0.370. The van der Waals surface area contributed by atoms with Gasteiger partial charge in [-0.1, -0.05) is 73.2 Å². The van der Waals surface area contributed by atoms with Gasteiger partial charge in [-0.3, -0.25) is 0 Å². The average molecular weight is 414 g/mol. The lowest BCUT2D eigenvalue weighted by Gasteiger charge is -2.30. The first-order chi connectivity index (χ1) is 15.2. The Balaban J connectivity index is 1.66. The van der Waals surface area contributed by atoms with Crippen molar-refractivity contribution in [1.29, 1.82) is 0 Å². The van der Waals surface area contributed by atoms with Crippen LogP contribution < -0.4 is 4.74 Å². The van der Waals surface area contributed by atoms with Crippen molar-refractivity contribution in [1.82, 2.24) is 4.90 Å². The lowest BCUT2D eigenvalue weighted by atomic mass is 9.76. The first-order valence-electron chi connectivity index (χ1n) is 11.7. The molecule has 2 heteroatoms. The van der Waals surface area contributed by atoms with Gasteiger partial charge in [0, 0.05) is 12.0 Å². The fourth-order valence-corrected chi connectivity index (χ4v) is 4.41. The molecule has 2 nitrogen and oxygen atoms in total. The van der Waals surface area contributed by atoms with Crippen molar-refractivity contribution < 1.29 is 4.74 Å². The van der Waals surface area contributed by atoms with Gasteiger partial charge in [-0.2, -0.15) is 0 Å². The second-order valence-electron chi connectivity index (χ2n) is 9.13. The molecule has 1 aliphatic carbocycles. The van der Waals surface area contributed by atoms with Crippen LogP contribution in [0.5, 0.6) is 5.75 Å². The number of benzene rings is 3. The van der Waals surface area contributed by atoms with Gasteiger partial charge >= 0.3 is 0 Å². The summed E-state index contributed by atoms with van der Waals surface area (Å²) in [7, 11) is 4.30. The number of hydrogen-bond donors (Lipinski definition) is 0. The first kappa shape index (κ1) is 21.6. The van der Waals surface area contributed by atoms with E-state index in [0.717, 1.165) is 25.1 Å². The molecule has 0 atom stereocenters. The standard InChI is InChI=1S/C29H35NO/c1-30(2)18-10-15-25-20-27(26-16-9-17-26)28(19-23-11-5-3-6-12-23)29(21-25)31-22-24-13-7-4-8-14-24/h3-8,11-14,20-21,26H,9-10,15-19,22H2,1-2H3. The van der Waals surface area contributed by atoms with Gasteiger partial charge < -0.3 is 9.64 Å². The van der Waals surface area contributed by atoms with Crippen LogP contribution in [-0.4, -0.2) is 25.5 Å². The van der Waals surface area contributed by atoms with Gasteiger partial charge in [0.25, 0.3) is 0 Å². The van der Waals surface area contributed by atoms with Crippen molar-refractivity contribution in [3.05, 3.63) is 101 Å². The summed E-state index contributed by atoms with van der Waals surface area (Å²) in [5, 5.41) is 0. The molecule has 0 amide bonds. The maximum Gasteiger partial charge on any atom is 0.123 e. The predicted octanol–water partition coefficient (Wildman–Crippen LogP) is 6.62. The molecule has 4 rings (SSSR count). The van der Waals surface area contributed by atoms with Gasteiger partial charge in [0.15, 0.2) is 0 Å². The lowest BCUT2D eigenvalue weighted by Crippen LogP contribution is -2.15. The van der Waals surface area contributed by atoms with E-state index in [1.807, 2.05) is 0 Å². The third-order valence-electron chi connectivity index (χ3n) is 6.38. The SMILES string of the molecule is CN(C)CCCc1cc(OCc2ccccc2)c(Cc2ccccc2)c(C2CCC2)c1. The van der Waals surface area contributed by atoms with E-state index in [2.05, 4.69) is 91.8 Å². The molecule has 0 radical (unpaired) electrons. The van der Waals surface area contributed by atoms with Crippen molar-refractivity contribution in [2.45, 2.75) is 51.0 Å². The minimum Gasteiger partial charge on any atom is -0.489 e. The van der Waals surface area contributed by atoms with E-state index in [9.17, 15) is 0 Å². The van der Waals surface area contributed by atoms with E-state index in [1.54, 1.807) is 0 Å². The number of hydrogen-bond acceptors (Lipinski definition) is 2. The molecule has 0 N–H and O–H groups in total. The Morgan fingerprint density at radius 2 is 1.52 bits per heavy atom. The Hall–Kier alpha value is -2.58. The van der Waals surface area contributed by atoms with Gasteiger partial charge in [0.05, 0.1) is 0 Å². The van der Waals surface area contributed by atoms with Crippen LogP contribution in [0.25, 0.3) is 0 Å². The summed E-state index contributed by atoms with van der Waals surface area (Å²) in [6, 6.07) is 26.2. The van der Waals surface area contributed by atoms with E-state index < -0.39 is 0 Å². The van der Waals surface area contributed by atoms with Gasteiger partial charge in [0.2, 0.25) is 0 Å². The highest BCUT2D eigenvalue weighted by Gasteiger charge is 2.25. The molecule has 1 aliphatic rings. The number of ether oxygens (including phenoxy) is 1. The Morgan fingerprint density at radius 3 is 2.13 bits per heavy atom. The zero-order chi connectivity index (χ0) is 21.5. The van der Waals surface area contributed by atoms with Gasteiger partial charge in [0.1, 0.15) is 12.4 Å². The molecule has 3 aromatic rings. The Bertz CT molecular complexity index is 945. The van der Waals surface area contributed by atoms with E-state index in [4.69, 9.17) is 4.74 Å². The largest absolute Gasteiger partial charge is 0.489 e. The molecule has 0 spiro atoms. The van der Waals surface area contributed by atoms with Crippen molar-refractivity contribution in [3.63, 3.8) is 0 Å². The summed E-state index contributed by atoms with van der Waals surface area (Å²) in [5.74, 6) is 1.77. The third kappa shape index (κ3) is 5.98. The fraction of sp³-hybridized carbons (Fsp3) is 0.379. The highest BCUT2D eigenvalue weighted by atomic mass is 16.5. The van der Waals surface area contributed by atoms with E-state index in [-0.39, 0.29) is 0 Å². The van der Waals surface area contributed by atoms with Crippen molar-refractivity contribution in [2.75, 3.05) is 20.6 Å². The molecule has 1 saturated carbocycles. The second-order valence-corrected chi connectivity index (χ2v) is 9.13. The summed E-state index contributed by atoms with van der Waals surface area (Å²) in [5.41, 5.74) is 6.91. The number of rotatable bonds is 10. The van der Waals surface area contributed by atoms with Gasteiger partial charge in [-0.15, -0.1) is 0 Å². The van der Waals surface area contributed by atoms with Gasteiger partial charge in [-0.05, 0) is 80.6 Å². The molecule has 1 fully saturated rings. The second kappa shape index (κ2) is 10.6. The molecule has 0 aliphatic heterocycles. The summed E-state index contributed by atoms with van der Waals surface area (Å²) >= 11 is 0. The molecule has 0 heterocycles. The lowest BCUT2D eigenvalue weighted by molar-refractivity contribution is 0.301. The van der Waals surface area contributed by atoms with Crippen LogP contribution in [0.4, 0.5) is 0 Å². The molecule has 31 heavy (non-hydrogen) atoms. The molecular formula is C29H35NO. The highest BCUT2D eigenvalue weighted by molar-refractivity contribution is 5.49. The van der Waals surface area contributed by atoms with Crippen LogP contribution in [0.15, 0.2) is 72.8 Å². The van der Waals surface area contributed by atoms with Crippen LogP contribution in [0, 0.1) is 0 Å². The molecule has 0 aromatic heterocycles. The van der Waals surface area contributed by atoms with E-state index >= 15 is 0 Å². The summed E-state index contributed by atoms with van der Waals surface area (Å²) in [6.07, 6.45) is 7.18. The zero-order valence-electron chi connectivity index (χ0n) is 19.0. The van der Waals surface area contributed by atoms with Crippen LogP contribution in [0.1, 0.15) is 59.4 Å². The molecule has 3 aromatic carbocycles. The Labute approximate surface area is 187 Å². The van der Waals surface area contributed by atoms with Crippen LogP contribution in [0.3, 0.4) is 0 Å². The predicted molar refractivity (Wildman–Crippen MR) is 130 cm³/mol. The number of aryl methyl sites for hydroxylation is 1. The first-order valence-corrected chi connectivity index (χ1v) is 11.7. The smallest absolute Gasteiger partial charge is 0.123 e. The average Bonchev–Trinajstić information content (AvgIpc) is 2.74. The molecule has 0 bridgehead atoms. The van der Waals surface area contributed by atoms with Gasteiger partial charge in [-0.25, -0.2) is 0 Å². The van der Waals surface area contributed by atoms with Crippen LogP contribution in [0.2, 0.25) is 0 Å². The minimum absolute atomic E-state index is 0.619. The molecule has 0 saturated heterocycles. The Kier molecular flexibility index (Phi) is 7.43. The fourth-order valence-electron chi connectivity index (χ4n) is 4.41. The highest BCUT2D eigenvalue weighted by Crippen LogP contribution is 2.42. The third-order valence-corrected chi connectivity index (χ3v) is 6.38. The van der Waals surface area contributed by atoms with Crippen molar-refractivity contribution in [3.8, 4) is 5.75 Å². The maximum atomic E-state index is 6.51. The van der Waals surface area contributed by atoms with Crippen molar-refractivity contribution >= 4 is 0 Å². The Morgan fingerprint density at radius 1 is 0.839 bits per heavy atom. The number of nitrogens with zero attached hydrogens (tertiary/aromatic N) is 1. The minimum atomic E-state index is 0.619. The van der Waals surface area contributed by atoms with Crippen LogP contribution >= 0.6 is 0 Å². The zero-order valence-corrected chi connectivity index (χ0v) is 19.0. The maximum absolute atomic E-state index is 6.51. The summed E-state index contributed by atoms with van der Waals surface area (Å²) in [4.78, 5) is 2.27. The molecular weight excluding hydrogens is 378 g/mol. The van der Waals surface area contributed by atoms with Crippen LogP contribution in [-0.2, 0) is 19.4 Å².